The van der Waals surface area contributed by atoms with Crippen LogP contribution in [0.1, 0.15) is 20.3 Å². The van der Waals surface area contributed by atoms with Crippen molar-refractivity contribution in [3.05, 3.63) is 78.9 Å². The first-order chi connectivity index (χ1) is 10.9. The second-order valence-electron chi connectivity index (χ2n) is 4.32. The van der Waals surface area contributed by atoms with Crippen molar-refractivity contribution in [3.63, 3.8) is 0 Å². The molecule has 129 valence electrons. The Labute approximate surface area is 187 Å². The molecule has 0 atom stereocenters. The molecule has 0 saturated carbocycles. The van der Waals surface area contributed by atoms with Crippen LogP contribution in [0.2, 0.25) is 6.55 Å². The van der Waals surface area contributed by atoms with Gasteiger partial charge in [0.15, 0.2) is 0 Å². The molecule has 4 heteroatoms. The second kappa shape index (κ2) is 18.3. The third-order valence-electron chi connectivity index (χ3n) is 3.11. The van der Waals surface area contributed by atoms with Crippen LogP contribution in [0.25, 0.3) is 21.5 Å². The topological polar surface area (TPSA) is 0 Å². The fourth-order valence-electron chi connectivity index (χ4n) is 2.24. The number of allylic oxidation sites excluding steroid dienone is 4. The minimum Gasteiger partial charge on any atom is -1.00 e. The smallest absolute Gasteiger partial charge is 1.00 e. The Hall–Kier alpha value is -0.530. The number of rotatable bonds is 0. The summed E-state index contributed by atoms with van der Waals surface area (Å²) in [5.41, 5.74) is 0. The van der Waals surface area contributed by atoms with Crippen molar-refractivity contribution in [2.24, 2.45) is 0 Å². The van der Waals surface area contributed by atoms with Crippen LogP contribution in [0.5, 0.6) is 0 Å². The monoisotopic (exact) mass is 463 g/mol. The zero-order chi connectivity index (χ0) is 16.2. The Morgan fingerprint density at radius 1 is 0.840 bits per heavy atom. The summed E-state index contributed by atoms with van der Waals surface area (Å²) < 4.78 is 0. The third kappa shape index (κ3) is 9.11. The minimum atomic E-state index is 0. The molecule has 3 aromatic carbocycles. The first kappa shape index (κ1) is 29.2. The van der Waals surface area contributed by atoms with Crippen molar-refractivity contribution in [2.75, 3.05) is 0 Å². The van der Waals surface area contributed by atoms with Crippen molar-refractivity contribution in [1.82, 2.24) is 0 Å². The maximum atomic E-state index is 2.99. The number of benzene rings is 2. The Morgan fingerprint density at radius 2 is 1.28 bits per heavy atom. The van der Waals surface area contributed by atoms with E-state index in [1.165, 1.54) is 21.5 Å². The quantitative estimate of drug-likeness (QED) is 0.330. The molecule has 3 radical (unpaired) electrons. The minimum absolute atomic E-state index is 0. The Bertz CT molecular complexity index is 672. The predicted molar refractivity (Wildman–Crippen MR) is 102 cm³/mol. The summed E-state index contributed by atoms with van der Waals surface area (Å²) >= 11 is 0. The fraction of sp³-hybridized carbons (Fsp3) is 0.190. The molecule has 0 heterocycles. The van der Waals surface area contributed by atoms with E-state index in [0.717, 1.165) is 6.42 Å². The molecule has 0 aliphatic heterocycles. The maximum Gasteiger partial charge on any atom is 4.00 e. The van der Waals surface area contributed by atoms with E-state index in [1.54, 1.807) is 6.55 Å². The molecular formula is C21H23Cl2SiZr. The van der Waals surface area contributed by atoms with E-state index in [4.69, 9.17) is 0 Å². The van der Waals surface area contributed by atoms with Crippen LogP contribution in [-0.2, 0) is 26.2 Å². The van der Waals surface area contributed by atoms with Crippen LogP contribution < -0.4 is 24.8 Å². The largest absolute Gasteiger partial charge is 4.00 e. The van der Waals surface area contributed by atoms with Gasteiger partial charge < -0.3 is 24.8 Å². The van der Waals surface area contributed by atoms with Gasteiger partial charge in [-0.15, -0.1) is 46.2 Å². The van der Waals surface area contributed by atoms with E-state index >= 15 is 0 Å². The summed E-state index contributed by atoms with van der Waals surface area (Å²) in [6.07, 6.45) is 10.0. The summed E-state index contributed by atoms with van der Waals surface area (Å²) in [4.78, 5) is 0. The van der Waals surface area contributed by atoms with Crippen LogP contribution in [0.4, 0.5) is 0 Å². The molecule has 0 N–H and O–H groups in total. The molecule has 0 aromatic heterocycles. The van der Waals surface area contributed by atoms with Gasteiger partial charge in [-0.25, -0.2) is 12.2 Å². The van der Waals surface area contributed by atoms with Crippen molar-refractivity contribution < 1.29 is 51.0 Å². The molecule has 1 aliphatic carbocycles. The molecule has 0 amide bonds. The molecular weight excluding hydrogens is 442 g/mol. The van der Waals surface area contributed by atoms with Gasteiger partial charge in [-0.05, 0) is 0 Å². The van der Waals surface area contributed by atoms with Gasteiger partial charge in [0, 0.05) is 10.2 Å². The molecule has 1 aliphatic rings. The first-order valence-electron chi connectivity index (χ1n) is 7.70. The molecule has 0 bridgehead atoms. The maximum absolute atomic E-state index is 2.99. The standard InChI is InChI=1S/C13H9.C5H5.C2H6.CH3Si.2ClH.Zr/c1-3-7-12-10(5-1)9-11-6-2-4-8-13(11)12;1-2-4-5-3-1;2*1-2;;;/h1-9H;1-3H,4H2;1-2H3;1H3;2*1H;/q2*-1;;;;;+4/p-2. The van der Waals surface area contributed by atoms with E-state index in [-0.39, 0.29) is 51.0 Å². The van der Waals surface area contributed by atoms with Gasteiger partial charge in [-0.1, -0.05) is 56.8 Å². The van der Waals surface area contributed by atoms with Crippen molar-refractivity contribution in [3.8, 4) is 0 Å². The van der Waals surface area contributed by atoms with Gasteiger partial charge in [-0.2, -0.15) is 6.08 Å². The molecule has 3 aromatic rings. The molecule has 0 fully saturated rings. The van der Waals surface area contributed by atoms with E-state index in [1.807, 2.05) is 26.0 Å². The summed E-state index contributed by atoms with van der Waals surface area (Å²) in [5.74, 6) is 0. The average molecular weight is 466 g/mol. The number of halogens is 2. The van der Waals surface area contributed by atoms with Gasteiger partial charge in [0.25, 0.3) is 0 Å². The van der Waals surface area contributed by atoms with E-state index in [0.29, 0.717) is 0 Å². The van der Waals surface area contributed by atoms with Crippen LogP contribution in [0.15, 0.2) is 72.8 Å². The van der Waals surface area contributed by atoms with Crippen LogP contribution in [-0.4, -0.2) is 10.2 Å². The number of hydrogen-bond donors (Lipinski definition) is 0. The van der Waals surface area contributed by atoms with Crippen molar-refractivity contribution >= 4 is 31.8 Å². The molecule has 0 spiro atoms. The van der Waals surface area contributed by atoms with Gasteiger partial charge in [0.1, 0.15) is 0 Å². The second-order valence-corrected chi connectivity index (χ2v) is 4.32. The number of fused-ring (bicyclic) bond motifs is 3. The SMILES string of the molecule is CC.C[Si].[C-]1=CC=CC1.[Cl-].[Cl-].[Zr+4].c1ccc2c(c1)[cH-]c1ccccc12. The summed E-state index contributed by atoms with van der Waals surface area (Å²) in [5, 5.41) is 5.39. The number of hydrogen-bond acceptors (Lipinski definition) is 0. The first-order valence-corrected chi connectivity index (χ1v) is 8.70. The van der Waals surface area contributed by atoms with E-state index in [9.17, 15) is 0 Å². The Morgan fingerprint density at radius 3 is 1.60 bits per heavy atom. The predicted octanol–water partition coefficient (Wildman–Crippen LogP) is 0.252. The zero-order valence-corrected chi connectivity index (χ0v) is 19.9. The molecule has 0 saturated heterocycles. The molecule has 0 nitrogen and oxygen atoms in total. The van der Waals surface area contributed by atoms with Crippen LogP contribution >= 0.6 is 0 Å². The Kier molecular flexibility index (Phi) is 21.4. The third-order valence-corrected chi connectivity index (χ3v) is 3.11. The van der Waals surface area contributed by atoms with Crippen LogP contribution in [0, 0.1) is 6.08 Å². The molecule has 25 heavy (non-hydrogen) atoms. The van der Waals surface area contributed by atoms with Gasteiger partial charge in [0.2, 0.25) is 0 Å². The summed E-state index contributed by atoms with van der Waals surface area (Å²) in [6.45, 7) is 5.81. The normalized spacial score (nSPS) is 9.76. The molecule has 0 unspecified atom stereocenters. The Balaban J connectivity index is -0.000000349. The van der Waals surface area contributed by atoms with E-state index < -0.39 is 0 Å². The summed E-state index contributed by atoms with van der Waals surface area (Å²) in [7, 11) is 2.97. The van der Waals surface area contributed by atoms with Crippen molar-refractivity contribution in [2.45, 2.75) is 26.8 Å². The van der Waals surface area contributed by atoms with Gasteiger partial charge in [0.05, 0.1) is 0 Å². The average Bonchev–Trinajstić information content (AvgIpc) is 3.30. The van der Waals surface area contributed by atoms with E-state index in [2.05, 4.69) is 77.0 Å². The zero-order valence-electron chi connectivity index (χ0n) is 14.9. The van der Waals surface area contributed by atoms with Gasteiger partial charge >= 0.3 is 26.2 Å². The summed E-state index contributed by atoms with van der Waals surface area (Å²) in [6, 6.07) is 19.3. The van der Waals surface area contributed by atoms with Crippen LogP contribution in [0.3, 0.4) is 0 Å². The van der Waals surface area contributed by atoms with Gasteiger partial charge in [-0.3, -0.25) is 6.08 Å². The fourth-order valence-corrected chi connectivity index (χ4v) is 2.24. The van der Waals surface area contributed by atoms with Crippen molar-refractivity contribution in [1.29, 1.82) is 0 Å². The molecule has 4 rings (SSSR count).